The number of ether oxygens (including phenoxy) is 4. The molecule has 0 bridgehead atoms. The van der Waals surface area contributed by atoms with E-state index in [9.17, 15) is 9.59 Å². The van der Waals surface area contributed by atoms with E-state index in [1.54, 1.807) is 58.2 Å². The molecule has 0 fully saturated rings. The molecule has 1 amide bonds. The SMILES string of the molecule is COc1cccc([C@@H]2OC(c3ccc(OCCCO)cc3)=N[C@]2(CCC(=O)OC(C)(C)C)C(=O)NNCc2cccc(C)c2)c1. The second-order valence-electron chi connectivity index (χ2n) is 11.9. The Hall–Kier alpha value is -4.41. The maximum absolute atomic E-state index is 14.3. The zero-order chi connectivity index (χ0) is 32.5. The van der Waals surface area contributed by atoms with Crippen molar-refractivity contribution in [1.82, 2.24) is 10.9 Å². The van der Waals surface area contributed by atoms with Gasteiger partial charge in [-0.1, -0.05) is 42.0 Å². The van der Waals surface area contributed by atoms with Crippen LogP contribution in [0.4, 0.5) is 0 Å². The van der Waals surface area contributed by atoms with Gasteiger partial charge in [-0.3, -0.25) is 15.0 Å². The molecule has 0 saturated heterocycles. The molecule has 3 aromatic carbocycles. The number of aliphatic hydroxyl groups is 1. The van der Waals surface area contributed by atoms with Crippen molar-refractivity contribution in [3.8, 4) is 11.5 Å². The molecule has 0 radical (unpaired) electrons. The van der Waals surface area contributed by atoms with Crippen LogP contribution in [0.5, 0.6) is 11.5 Å². The molecular weight excluding hydrogens is 574 g/mol. The number of aliphatic hydroxyl groups excluding tert-OH is 1. The van der Waals surface area contributed by atoms with Gasteiger partial charge in [-0.2, -0.15) is 0 Å². The number of nitrogens with zero attached hydrogens (tertiary/aromatic N) is 1. The van der Waals surface area contributed by atoms with E-state index in [1.165, 1.54) is 0 Å². The first-order valence-electron chi connectivity index (χ1n) is 15.1. The summed E-state index contributed by atoms with van der Waals surface area (Å²) in [6.45, 7) is 8.21. The molecule has 0 aliphatic carbocycles. The lowest BCUT2D eigenvalue weighted by molar-refractivity contribution is -0.155. The van der Waals surface area contributed by atoms with E-state index in [-0.39, 0.29) is 25.3 Å². The number of aliphatic imine (C=N–C) groups is 1. The minimum absolute atomic E-state index is 0.0214. The van der Waals surface area contributed by atoms with Gasteiger partial charge in [0.1, 0.15) is 17.1 Å². The number of benzene rings is 3. The van der Waals surface area contributed by atoms with Gasteiger partial charge in [-0.25, -0.2) is 10.4 Å². The number of hydrazine groups is 1. The van der Waals surface area contributed by atoms with Gasteiger partial charge < -0.3 is 24.1 Å². The van der Waals surface area contributed by atoms with Crippen molar-refractivity contribution >= 4 is 17.8 Å². The number of aryl methyl sites for hydroxylation is 1. The monoisotopic (exact) mass is 617 g/mol. The van der Waals surface area contributed by atoms with Crippen molar-refractivity contribution < 1.29 is 33.6 Å². The first-order valence-corrected chi connectivity index (χ1v) is 15.1. The lowest BCUT2D eigenvalue weighted by Crippen LogP contribution is -2.52. The van der Waals surface area contributed by atoms with Crippen molar-refractivity contribution in [3.63, 3.8) is 0 Å². The standard InChI is InChI=1S/C35H43N3O7/c1-24-9-6-10-25(21-24)23-36-38-33(41)35(18-17-30(40)45-34(2,3)4)31(27-11-7-12-29(22-27)42-5)44-32(37-35)26-13-15-28(16-14-26)43-20-8-19-39/h6-7,9-16,21-22,31,36,39H,8,17-20,23H2,1-5H3,(H,38,41)/t31-,35-/m0/s1. The molecule has 10 nitrogen and oxygen atoms in total. The van der Waals surface area contributed by atoms with E-state index < -0.39 is 29.1 Å². The maximum atomic E-state index is 14.3. The Labute approximate surface area is 264 Å². The Kier molecular flexibility index (Phi) is 11.2. The number of methoxy groups -OCH3 is 1. The molecule has 10 heteroatoms. The van der Waals surface area contributed by atoms with Crippen LogP contribution >= 0.6 is 0 Å². The van der Waals surface area contributed by atoms with E-state index in [0.717, 1.165) is 11.1 Å². The van der Waals surface area contributed by atoms with Crippen LogP contribution in [0.2, 0.25) is 0 Å². The second kappa shape index (κ2) is 15.0. The molecule has 3 N–H and O–H groups in total. The van der Waals surface area contributed by atoms with Crippen molar-refractivity contribution in [1.29, 1.82) is 0 Å². The molecule has 2 atom stereocenters. The summed E-state index contributed by atoms with van der Waals surface area (Å²) >= 11 is 0. The molecule has 1 heterocycles. The van der Waals surface area contributed by atoms with Crippen LogP contribution in [0.1, 0.15) is 68.4 Å². The fourth-order valence-corrected chi connectivity index (χ4v) is 5.02. The van der Waals surface area contributed by atoms with Gasteiger partial charge in [0.15, 0.2) is 11.6 Å². The fraction of sp³-hybridized carbons (Fsp3) is 0.400. The fourth-order valence-electron chi connectivity index (χ4n) is 5.02. The van der Waals surface area contributed by atoms with Crippen molar-refractivity contribution in [2.24, 2.45) is 4.99 Å². The minimum atomic E-state index is -1.53. The molecule has 0 spiro atoms. The smallest absolute Gasteiger partial charge is 0.306 e. The van der Waals surface area contributed by atoms with E-state index in [4.69, 9.17) is 29.0 Å². The Bertz CT molecular complexity index is 1480. The number of hydrogen-bond acceptors (Lipinski definition) is 9. The first-order chi connectivity index (χ1) is 21.5. The molecule has 0 saturated carbocycles. The summed E-state index contributed by atoms with van der Waals surface area (Å²) in [6, 6.07) is 22.4. The zero-order valence-corrected chi connectivity index (χ0v) is 26.6. The van der Waals surface area contributed by atoms with Gasteiger partial charge >= 0.3 is 5.97 Å². The summed E-state index contributed by atoms with van der Waals surface area (Å²) in [6.07, 6.45) is -0.409. The largest absolute Gasteiger partial charge is 0.497 e. The molecule has 45 heavy (non-hydrogen) atoms. The lowest BCUT2D eigenvalue weighted by Gasteiger charge is -2.31. The topological polar surface area (TPSA) is 128 Å². The van der Waals surface area contributed by atoms with Gasteiger partial charge in [0.05, 0.1) is 13.7 Å². The first kappa shape index (κ1) is 33.5. The summed E-state index contributed by atoms with van der Waals surface area (Å²) in [4.78, 5) is 32.1. The number of amides is 1. The van der Waals surface area contributed by atoms with E-state index in [0.29, 0.717) is 42.2 Å². The average molecular weight is 618 g/mol. The lowest BCUT2D eigenvalue weighted by atomic mass is 9.83. The molecule has 240 valence electrons. The zero-order valence-electron chi connectivity index (χ0n) is 26.6. The van der Waals surface area contributed by atoms with Gasteiger partial charge in [0.2, 0.25) is 5.90 Å². The number of carbonyl (C=O) groups is 2. The van der Waals surface area contributed by atoms with Crippen LogP contribution in [-0.2, 0) is 25.6 Å². The van der Waals surface area contributed by atoms with Gasteiger partial charge in [0, 0.05) is 31.6 Å². The molecule has 1 aliphatic heterocycles. The third kappa shape index (κ3) is 9.06. The van der Waals surface area contributed by atoms with Crippen LogP contribution in [-0.4, -0.2) is 54.3 Å². The number of esters is 1. The van der Waals surface area contributed by atoms with Crippen molar-refractivity contribution in [3.05, 3.63) is 95.1 Å². The highest BCUT2D eigenvalue weighted by molar-refractivity contribution is 6.01. The molecular formula is C35H43N3O7. The van der Waals surface area contributed by atoms with E-state index in [2.05, 4.69) is 10.9 Å². The van der Waals surface area contributed by atoms with E-state index >= 15 is 0 Å². The maximum Gasteiger partial charge on any atom is 0.306 e. The number of nitrogens with one attached hydrogen (secondary N) is 2. The number of rotatable bonds is 14. The normalized spacial score (nSPS) is 17.6. The van der Waals surface area contributed by atoms with Crippen LogP contribution in [0.25, 0.3) is 0 Å². The van der Waals surface area contributed by atoms with Gasteiger partial charge in [0.25, 0.3) is 5.91 Å². The van der Waals surface area contributed by atoms with Gasteiger partial charge in [-0.05, 0) is 81.6 Å². The van der Waals surface area contributed by atoms with Crippen molar-refractivity contribution in [2.75, 3.05) is 20.3 Å². The third-order valence-electron chi connectivity index (χ3n) is 7.13. The van der Waals surface area contributed by atoms with Crippen LogP contribution in [0.15, 0.2) is 77.8 Å². The summed E-state index contributed by atoms with van der Waals surface area (Å²) in [5.74, 6) is 0.574. The Morgan fingerprint density at radius 1 is 1.02 bits per heavy atom. The average Bonchev–Trinajstić information content (AvgIpc) is 3.41. The van der Waals surface area contributed by atoms with Crippen LogP contribution in [0, 0.1) is 6.92 Å². The predicted molar refractivity (Wildman–Crippen MR) is 171 cm³/mol. The molecule has 0 aromatic heterocycles. The van der Waals surface area contributed by atoms with Gasteiger partial charge in [-0.15, -0.1) is 0 Å². The van der Waals surface area contributed by atoms with Crippen LogP contribution in [0.3, 0.4) is 0 Å². The summed E-state index contributed by atoms with van der Waals surface area (Å²) in [5, 5.41) is 9.05. The second-order valence-corrected chi connectivity index (χ2v) is 11.9. The Balaban J connectivity index is 1.70. The molecule has 4 rings (SSSR count). The van der Waals surface area contributed by atoms with Crippen LogP contribution < -0.4 is 20.3 Å². The summed E-state index contributed by atoms with van der Waals surface area (Å²) in [7, 11) is 1.57. The molecule has 1 aliphatic rings. The quantitative estimate of drug-likeness (QED) is 0.132. The third-order valence-corrected chi connectivity index (χ3v) is 7.13. The van der Waals surface area contributed by atoms with Crippen molar-refractivity contribution in [2.45, 2.75) is 70.7 Å². The predicted octanol–water partition coefficient (Wildman–Crippen LogP) is 4.96. The summed E-state index contributed by atoms with van der Waals surface area (Å²) in [5.41, 5.74) is 7.06. The highest BCUT2D eigenvalue weighted by Gasteiger charge is 2.53. The molecule has 3 aromatic rings. The van der Waals surface area contributed by atoms with E-state index in [1.807, 2.05) is 49.4 Å². The Morgan fingerprint density at radius 2 is 1.78 bits per heavy atom. The molecule has 0 unspecified atom stereocenters. The number of hydrogen-bond donors (Lipinski definition) is 3. The summed E-state index contributed by atoms with van der Waals surface area (Å²) < 4.78 is 23.2. The highest BCUT2D eigenvalue weighted by Crippen LogP contribution is 2.44. The Morgan fingerprint density at radius 3 is 2.47 bits per heavy atom. The highest BCUT2D eigenvalue weighted by atomic mass is 16.6. The minimum Gasteiger partial charge on any atom is -0.497 e. The number of carbonyl (C=O) groups excluding carboxylic acids is 2.